The Labute approximate surface area is 214 Å². The highest BCUT2D eigenvalue weighted by molar-refractivity contribution is 6.06. The van der Waals surface area contributed by atoms with Crippen LogP contribution in [0, 0.1) is 18.6 Å². The molecule has 3 aromatic rings. The normalized spacial score (nSPS) is 14.2. The number of nitrogens with one attached hydrogen (secondary N) is 1. The maximum absolute atomic E-state index is 14.1. The van der Waals surface area contributed by atoms with Gasteiger partial charge in [0.1, 0.15) is 30.0 Å². The number of hydrogen-bond donors (Lipinski definition) is 3. The summed E-state index contributed by atoms with van der Waals surface area (Å²) in [6.45, 7) is 0.502. The number of rotatable bonds is 9. The minimum atomic E-state index is -4.73. The van der Waals surface area contributed by atoms with Gasteiger partial charge in [0.2, 0.25) is 0 Å². The van der Waals surface area contributed by atoms with Crippen molar-refractivity contribution in [3.05, 3.63) is 82.4 Å². The lowest BCUT2D eigenvalue weighted by atomic mass is 9.98. The Hall–Kier alpha value is -3.70. The Bertz CT molecular complexity index is 1340. The van der Waals surface area contributed by atoms with E-state index in [0.29, 0.717) is 18.4 Å². The van der Waals surface area contributed by atoms with Crippen LogP contribution < -0.4 is 14.8 Å². The molecule has 1 aliphatic carbocycles. The highest BCUT2D eigenvalue weighted by Crippen LogP contribution is 2.48. The van der Waals surface area contributed by atoms with E-state index in [1.807, 2.05) is 0 Å². The molecule has 3 aromatic carbocycles. The number of amides is 1. The van der Waals surface area contributed by atoms with Crippen LogP contribution in [0.25, 0.3) is 0 Å². The number of hydrogen-bond acceptors (Lipinski definition) is 5. The van der Waals surface area contributed by atoms with Crippen molar-refractivity contribution in [3.8, 4) is 17.2 Å². The molecule has 1 saturated carbocycles. The summed E-state index contributed by atoms with van der Waals surface area (Å²) in [5, 5.41) is 20.7. The largest absolute Gasteiger partial charge is 0.488 e. The SMILES string of the molecule is Cc1cc(F)ccc1Oc1cc(C2CC2)c(C(F)(F)F)cc1C(=O)Nc1ccc(F)c(OCC(O)CO)c1. The topological polar surface area (TPSA) is 88.0 Å². The van der Waals surface area contributed by atoms with Gasteiger partial charge in [-0.15, -0.1) is 0 Å². The van der Waals surface area contributed by atoms with Crippen molar-refractivity contribution in [2.24, 2.45) is 0 Å². The number of halogens is 5. The molecule has 38 heavy (non-hydrogen) atoms. The summed E-state index contributed by atoms with van der Waals surface area (Å²) in [6, 6.07) is 8.76. The van der Waals surface area contributed by atoms with E-state index < -0.39 is 54.2 Å². The Kier molecular flexibility index (Phi) is 7.89. The Balaban J connectivity index is 1.71. The van der Waals surface area contributed by atoms with Gasteiger partial charge in [0.25, 0.3) is 5.91 Å². The number of carbonyl (C=O) groups is 1. The van der Waals surface area contributed by atoms with Gasteiger partial charge in [-0.2, -0.15) is 13.2 Å². The van der Waals surface area contributed by atoms with Crippen molar-refractivity contribution < 1.29 is 46.4 Å². The number of alkyl halides is 3. The molecule has 0 radical (unpaired) electrons. The molecule has 0 saturated heterocycles. The summed E-state index contributed by atoms with van der Waals surface area (Å²) in [6.07, 6.45) is -4.88. The summed E-state index contributed by atoms with van der Waals surface area (Å²) in [5.41, 5.74) is -1.03. The first-order chi connectivity index (χ1) is 18.0. The van der Waals surface area contributed by atoms with Gasteiger partial charge >= 0.3 is 6.18 Å². The van der Waals surface area contributed by atoms with E-state index in [2.05, 4.69) is 5.32 Å². The molecule has 1 atom stereocenters. The lowest BCUT2D eigenvalue weighted by molar-refractivity contribution is -0.138. The van der Waals surface area contributed by atoms with Crippen LogP contribution in [0.4, 0.5) is 27.6 Å². The molecule has 6 nitrogen and oxygen atoms in total. The quantitative estimate of drug-likeness (QED) is 0.294. The molecule has 0 aromatic heterocycles. The number of aliphatic hydroxyl groups excluding tert-OH is 2. The molecule has 0 spiro atoms. The summed E-state index contributed by atoms with van der Waals surface area (Å²) >= 11 is 0. The number of ether oxygens (including phenoxy) is 2. The highest BCUT2D eigenvalue weighted by Gasteiger charge is 2.40. The number of carbonyl (C=O) groups excluding carboxylic acids is 1. The van der Waals surface area contributed by atoms with Crippen LogP contribution in [0.2, 0.25) is 0 Å². The van der Waals surface area contributed by atoms with Gasteiger partial charge in [-0.1, -0.05) is 0 Å². The number of aliphatic hydroxyl groups is 2. The lowest BCUT2D eigenvalue weighted by Crippen LogP contribution is -2.21. The van der Waals surface area contributed by atoms with Crippen molar-refractivity contribution in [2.45, 2.75) is 38.0 Å². The maximum Gasteiger partial charge on any atom is 0.416 e. The predicted octanol–water partition coefficient (Wildman–Crippen LogP) is 5.95. The first-order valence-electron chi connectivity index (χ1n) is 11.7. The van der Waals surface area contributed by atoms with Crippen molar-refractivity contribution >= 4 is 11.6 Å². The van der Waals surface area contributed by atoms with E-state index in [4.69, 9.17) is 14.6 Å². The van der Waals surface area contributed by atoms with Crippen LogP contribution in [0.1, 0.15) is 45.8 Å². The molecule has 1 amide bonds. The van der Waals surface area contributed by atoms with Crippen LogP contribution in [0.15, 0.2) is 48.5 Å². The molecule has 0 bridgehead atoms. The molecule has 0 aliphatic heterocycles. The van der Waals surface area contributed by atoms with Gasteiger partial charge in [-0.05, 0) is 79.3 Å². The number of aryl methyl sites for hydroxylation is 1. The molecule has 1 unspecified atom stereocenters. The third-order valence-corrected chi connectivity index (χ3v) is 5.91. The number of anilines is 1. The molecular weight excluding hydrogens is 513 g/mol. The van der Waals surface area contributed by atoms with Crippen LogP contribution in [0.5, 0.6) is 17.2 Å². The maximum atomic E-state index is 14.1. The molecule has 202 valence electrons. The van der Waals surface area contributed by atoms with Crippen LogP contribution >= 0.6 is 0 Å². The second kappa shape index (κ2) is 11.0. The van der Waals surface area contributed by atoms with Crippen molar-refractivity contribution in [1.29, 1.82) is 0 Å². The van der Waals surface area contributed by atoms with Crippen LogP contribution in [-0.2, 0) is 6.18 Å². The summed E-state index contributed by atoms with van der Waals surface area (Å²) in [7, 11) is 0. The first-order valence-corrected chi connectivity index (χ1v) is 11.7. The second-order valence-corrected chi connectivity index (χ2v) is 8.97. The fourth-order valence-electron chi connectivity index (χ4n) is 3.81. The molecule has 3 N–H and O–H groups in total. The fraction of sp³-hybridized carbons (Fsp3) is 0.296. The monoisotopic (exact) mass is 537 g/mol. The standard InChI is InChI=1S/C27H24F5NO5/c1-14-8-16(28)4-7-23(14)38-24-11-19(15-2-3-15)21(27(30,31)32)10-20(24)26(36)33-17-5-6-22(29)25(9-17)37-13-18(35)12-34/h4-11,15,18,34-35H,2-3,12-13H2,1H3,(H,33,36). The van der Waals surface area contributed by atoms with E-state index >= 15 is 0 Å². The lowest BCUT2D eigenvalue weighted by Gasteiger charge is -2.19. The zero-order valence-corrected chi connectivity index (χ0v) is 20.1. The predicted molar refractivity (Wildman–Crippen MR) is 128 cm³/mol. The molecule has 4 rings (SSSR count). The first kappa shape index (κ1) is 27.3. The minimum absolute atomic E-state index is 0.00345. The van der Waals surface area contributed by atoms with Gasteiger partial charge in [0, 0.05) is 11.8 Å². The average Bonchev–Trinajstić information content (AvgIpc) is 3.70. The van der Waals surface area contributed by atoms with Crippen molar-refractivity contribution in [2.75, 3.05) is 18.5 Å². The molecule has 1 aliphatic rings. The Morgan fingerprint density at radius 1 is 1.05 bits per heavy atom. The van der Waals surface area contributed by atoms with E-state index in [1.165, 1.54) is 24.3 Å². The van der Waals surface area contributed by atoms with E-state index in [9.17, 15) is 31.9 Å². The third-order valence-electron chi connectivity index (χ3n) is 5.91. The van der Waals surface area contributed by atoms with E-state index in [-0.39, 0.29) is 34.4 Å². The fourth-order valence-corrected chi connectivity index (χ4v) is 3.81. The van der Waals surface area contributed by atoms with Gasteiger partial charge in [0.05, 0.1) is 17.7 Å². The van der Waals surface area contributed by atoms with Crippen molar-refractivity contribution in [3.63, 3.8) is 0 Å². The van der Waals surface area contributed by atoms with Gasteiger partial charge in [0.15, 0.2) is 11.6 Å². The van der Waals surface area contributed by atoms with E-state index in [0.717, 1.165) is 24.3 Å². The minimum Gasteiger partial charge on any atom is -0.488 e. The zero-order chi connectivity index (χ0) is 27.6. The summed E-state index contributed by atoms with van der Waals surface area (Å²) in [4.78, 5) is 13.2. The Morgan fingerprint density at radius 3 is 2.42 bits per heavy atom. The second-order valence-electron chi connectivity index (χ2n) is 8.97. The van der Waals surface area contributed by atoms with Crippen LogP contribution in [-0.4, -0.2) is 35.4 Å². The number of benzene rings is 3. The zero-order valence-electron chi connectivity index (χ0n) is 20.1. The summed E-state index contributed by atoms with van der Waals surface area (Å²) < 4.78 is 80.4. The van der Waals surface area contributed by atoms with Crippen molar-refractivity contribution in [1.82, 2.24) is 0 Å². The molecule has 11 heteroatoms. The van der Waals surface area contributed by atoms with Gasteiger partial charge < -0.3 is 25.0 Å². The molecule has 1 fully saturated rings. The average molecular weight is 537 g/mol. The van der Waals surface area contributed by atoms with Gasteiger partial charge in [-0.25, -0.2) is 8.78 Å². The summed E-state index contributed by atoms with van der Waals surface area (Å²) in [5.74, 6) is -3.00. The smallest absolute Gasteiger partial charge is 0.416 e. The third kappa shape index (κ3) is 6.40. The molecular formula is C27H24F5NO5. The molecule has 0 heterocycles. The van der Waals surface area contributed by atoms with E-state index in [1.54, 1.807) is 6.92 Å². The highest BCUT2D eigenvalue weighted by atomic mass is 19.4. The Morgan fingerprint density at radius 2 is 1.79 bits per heavy atom. The van der Waals surface area contributed by atoms with Gasteiger partial charge in [-0.3, -0.25) is 4.79 Å². The van der Waals surface area contributed by atoms with Crippen LogP contribution in [0.3, 0.4) is 0 Å².